The maximum absolute atomic E-state index is 14.5. The number of nitrogens with one attached hydrogen (secondary N) is 1. The van der Waals surface area contributed by atoms with Crippen LogP contribution in [0.4, 0.5) is 4.39 Å². The average molecular weight is 350 g/mol. The zero-order valence-electron chi connectivity index (χ0n) is 12.0. The fourth-order valence-electron chi connectivity index (χ4n) is 2.67. The molecule has 0 bridgehead atoms. The minimum atomic E-state index is -3.87. The Kier molecular flexibility index (Phi) is 4.79. The monoisotopic (exact) mass is 349 g/mol. The number of hydrogen-bond acceptors (Lipinski definition) is 3. The number of sulfonamides is 1. The molecule has 1 saturated carbocycles. The second kappa shape index (κ2) is 6.14. The number of benzene rings is 1. The fourth-order valence-corrected chi connectivity index (χ4v) is 4.23. The largest absolute Gasteiger partial charge is 0.481 e. The van der Waals surface area contributed by atoms with Gasteiger partial charge in [0.2, 0.25) is 10.0 Å². The number of hydrogen-bond donors (Lipinski definition) is 2. The summed E-state index contributed by atoms with van der Waals surface area (Å²) in [5.41, 5.74) is -1.36. The predicted molar refractivity (Wildman–Crippen MR) is 80.2 cm³/mol. The van der Waals surface area contributed by atoms with E-state index in [1.807, 2.05) is 0 Å². The molecule has 1 aliphatic carbocycles. The molecule has 0 radical (unpaired) electrons. The first kappa shape index (κ1) is 17.2. The molecule has 5 nitrogen and oxygen atoms in total. The van der Waals surface area contributed by atoms with Gasteiger partial charge in [-0.15, -0.1) is 0 Å². The molecule has 22 heavy (non-hydrogen) atoms. The van der Waals surface area contributed by atoms with E-state index in [-0.39, 0.29) is 24.2 Å². The molecule has 2 rings (SSSR count). The Hall–Kier alpha value is -1.18. The molecule has 0 heterocycles. The Morgan fingerprint density at radius 1 is 1.55 bits per heavy atom. The first-order chi connectivity index (χ1) is 10.1. The highest BCUT2D eigenvalue weighted by atomic mass is 35.5. The van der Waals surface area contributed by atoms with Gasteiger partial charge in [-0.1, -0.05) is 11.6 Å². The highest BCUT2D eigenvalue weighted by Gasteiger charge is 2.43. The van der Waals surface area contributed by atoms with Crippen LogP contribution in [0.5, 0.6) is 0 Å². The van der Waals surface area contributed by atoms with Crippen LogP contribution in [-0.2, 0) is 14.8 Å². The molecule has 2 atom stereocenters. The van der Waals surface area contributed by atoms with Crippen molar-refractivity contribution in [1.82, 2.24) is 4.72 Å². The van der Waals surface area contributed by atoms with Crippen LogP contribution in [0.3, 0.4) is 0 Å². The van der Waals surface area contributed by atoms with Gasteiger partial charge in [0.15, 0.2) is 0 Å². The fraction of sp³-hybridized carbons (Fsp3) is 0.500. The third-order valence-corrected chi connectivity index (χ3v) is 5.70. The Bertz CT molecular complexity index is 694. The number of carboxylic acid groups (broad SMARTS) is 1. The second-order valence-electron chi connectivity index (χ2n) is 5.66. The van der Waals surface area contributed by atoms with Gasteiger partial charge in [0.1, 0.15) is 5.67 Å². The summed E-state index contributed by atoms with van der Waals surface area (Å²) in [5.74, 6) is -1.80. The van der Waals surface area contributed by atoms with Gasteiger partial charge in [-0.05, 0) is 49.9 Å². The lowest BCUT2D eigenvalue weighted by Crippen LogP contribution is -2.38. The van der Waals surface area contributed by atoms with Crippen molar-refractivity contribution in [2.75, 3.05) is 6.54 Å². The summed E-state index contributed by atoms with van der Waals surface area (Å²) >= 11 is 5.78. The van der Waals surface area contributed by atoms with Crippen LogP contribution >= 0.6 is 11.6 Å². The van der Waals surface area contributed by atoms with Crippen LogP contribution in [0.2, 0.25) is 5.02 Å². The molecular weight excluding hydrogens is 333 g/mol. The van der Waals surface area contributed by atoms with E-state index in [0.717, 1.165) is 0 Å². The van der Waals surface area contributed by atoms with Gasteiger partial charge in [0, 0.05) is 11.6 Å². The van der Waals surface area contributed by atoms with E-state index in [1.165, 1.54) is 18.2 Å². The molecule has 0 unspecified atom stereocenters. The van der Waals surface area contributed by atoms with Gasteiger partial charge < -0.3 is 5.11 Å². The van der Waals surface area contributed by atoms with Gasteiger partial charge in [0.05, 0.1) is 10.8 Å². The van der Waals surface area contributed by atoms with E-state index in [2.05, 4.69) is 4.72 Å². The Morgan fingerprint density at radius 2 is 2.23 bits per heavy atom. The molecular formula is C14H17ClFNO4S. The molecule has 8 heteroatoms. The zero-order chi connectivity index (χ0) is 16.5. The molecule has 1 fully saturated rings. The number of aryl methyl sites for hydroxylation is 1. The first-order valence-corrected chi connectivity index (χ1v) is 8.67. The quantitative estimate of drug-likeness (QED) is 0.855. The van der Waals surface area contributed by atoms with Crippen molar-refractivity contribution >= 4 is 27.6 Å². The molecule has 122 valence electrons. The summed E-state index contributed by atoms with van der Waals surface area (Å²) in [6.07, 6.45) is 0.0735. The summed E-state index contributed by atoms with van der Waals surface area (Å²) in [5, 5.41) is 9.31. The van der Waals surface area contributed by atoms with Crippen molar-refractivity contribution in [3.05, 3.63) is 28.8 Å². The van der Waals surface area contributed by atoms with E-state index in [9.17, 15) is 17.6 Å². The number of halogens is 2. The minimum Gasteiger partial charge on any atom is -0.481 e. The molecule has 0 aliphatic heterocycles. The molecule has 0 aromatic heterocycles. The SMILES string of the molecule is Cc1cc(Cl)ccc1S(=O)(=O)NC[C@@]1(F)CC[C@H](C(=O)O)C1. The summed E-state index contributed by atoms with van der Waals surface area (Å²) in [4.78, 5) is 10.9. The molecule has 1 aromatic carbocycles. The average Bonchev–Trinajstić information content (AvgIpc) is 2.80. The summed E-state index contributed by atoms with van der Waals surface area (Å²) in [6.45, 7) is 1.17. The summed E-state index contributed by atoms with van der Waals surface area (Å²) < 4.78 is 41.2. The number of alkyl halides is 1. The number of aliphatic carboxylic acids is 1. The molecule has 1 aromatic rings. The van der Waals surface area contributed by atoms with Crippen molar-refractivity contribution in [2.45, 2.75) is 36.8 Å². The third kappa shape index (κ3) is 3.77. The Morgan fingerprint density at radius 3 is 2.77 bits per heavy atom. The summed E-state index contributed by atoms with van der Waals surface area (Å²) in [7, 11) is -3.87. The van der Waals surface area contributed by atoms with Crippen LogP contribution in [0.15, 0.2) is 23.1 Å². The smallest absolute Gasteiger partial charge is 0.306 e. The van der Waals surface area contributed by atoms with Crippen LogP contribution < -0.4 is 4.72 Å². The van der Waals surface area contributed by atoms with Crippen molar-refractivity contribution in [1.29, 1.82) is 0 Å². The Balaban J connectivity index is 2.09. The van der Waals surface area contributed by atoms with Crippen LogP contribution in [-0.4, -0.2) is 31.7 Å². The van der Waals surface area contributed by atoms with Gasteiger partial charge in [-0.3, -0.25) is 4.79 Å². The number of rotatable bonds is 5. The maximum atomic E-state index is 14.5. The van der Waals surface area contributed by atoms with Crippen molar-refractivity contribution in [2.24, 2.45) is 5.92 Å². The first-order valence-electron chi connectivity index (χ1n) is 6.80. The van der Waals surface area contributed by atoms with Gasteiger partial charge in [-0.25, -0.2) is 17.5 Å². The molecule has 0 amide bonds. The van der Waals surface area contributed by atoms with Crippen LogP contribution in [0.25, 0.3) is 0 Å². The topological polar surface area (TPSA) is 83.5 Å². The van der Waals surface area contributed by atoms with Crippen molar-refractivity contribution < 1.29 is 22.7 Å². The number of carboxylic acids is 1. The lowest BCUT2D eigenvalue weighted by atomic mass is 10.0. The van der Waals surface area contributed by atoms with E-state index in [4.69, 9.17) is 16.7 Å². The highest BCUT2D eigenvalue weighted by molar-refractivity contribution is 7.89. The van der Waals surface area contributed by atoms with Gasteiger partial charge in [-0.2, -0.15) is 0 Å². The van der Waals surface area contributed by atoms with E-state index >= 15 is 0 Å². The molecule has 0 saturated heterocycles. The zero-order valence-corrected chi connectivity index (χ0v) is 13.5. The molecule has 2 N–H and O–H groups in total. The summed E-state index contributed by atoms with van der Waals surface area (Å²) in [6, 6.07) is 4.32. The second-order valence-corrected chi connectivity index (χ2v) is 7.84. The third-order valence-electron chi connectivity index (χ3n) is 3.91. The lowest BCUT2D eigenvalue weighted by molar-refractivity contribution is -0.141. The molecule has 1 aliphatic rings. The predicted octanol–water partition coefficient (Wildman–Crippen LogP) is 2.52. The van der Waals surface area contributed by atoms with Gasteiger partial charge in [0.25, 0.3) is 0 Å². The van der Waals surface area contributed by atoms with E-state index < -0.39 is 34.1 Å². The van der Waals surface area contributed by atoms with Crippen LogP contribution in [0, 0.1) is 12.8 Å². The van der Waals surface area contributed by atoms with E-state index in [0.29, 0.717) is 10.6 Å². The highest BCUT2D eigenvalue weighted by Crippen LogP contribution is 2.37. The van der Waals surface area contributed by atoms with Crippen LogP contribution in [0.1, 0.15) is 24.8 Å². The molecule has 0 spiro atoms. The van der Waals surface area contributed by atoms with E-state index in [1.54, 1.807) is 6.92 Å². The van der Waals surface area contributed by atoms with Gasteiger partial charge >= 0.3 is 5.97 Å². The van der Waals surface area contributed by atoms with Crippen molar-refractivity contribution in [3.8, 4) is 0 Å². The standard InChI is InChI=1S/C14H17ClFNO4S/c1-9-6-11(15)2-3-12(9)22(20,21)17-8-14(16)5-4-10(7-14)13(18)19/h2-3,6,10,17H,4-5,7-8H2,1H3,(H,18,19)/t10-,14+/m0/s1. The normalized spacial score (nSPS) is 25.3. The maximum Gasteiger partial charge on any atom is 0.306 e. The lowest BCUT2D eigenvalue weighted by Gasteiger charge is -2.20. The number of carbonyl (C=O) groups is 1. The van der Waals surface area contributed by atoms with Crippen molar-refractivity contribution in [3.63, 3.8) is 0 Å². The minimum absolute atomic E-state index is 0.0338. The Labute approximate surface area is 133 Å².